The van der Waals surface area contributed by atoms with Crippen LogP contribution < -0.4 is 5.32 Å². The smallest absolute Gasteiger partial charge is 0.258 e. The Labute approximate surface area is 160 Å². The van der Waals surface area contributed by atoms with Crippen molar-refractivity contribution in [1.82, 2.24) is 4.98 Å². The molecule has 3 rings (SSSR count). The second-order valence-electron chi connectivity index (χ2n) is 6.55. The van der Waals surface area contributed by atoms with Gasteiger partial charge in [0, 0.05) is 24.0 Å². The highest BCUT2D eigenvalue weighted by molar-refractivity contribution is 7.14. The third-order valence-electron chi connectivity index (χ3n) is 5.03. The van der Waals surface area contributed by atoms with Gasteiger partial charge in [-0.05, 0) is 37.8 Å². The molecule has 1 heterocycles. The zero-order chi connectivity index (χ0) is 19.4. The van der Waals surface area contributed by atoms with Gasteiger partial charge in [-0.2, -0.15) is 5.26 Å². The molecule has 1 aliphatic rings. The molecule has 2 aromatic rings. The zero-order valence-corrected chi connectivity index (χ0v) is 15.6. The second kappa shape index (κ2) is 8.11. The van der Waals surface area contributed by atoms with Crippen molar-refractivity contribution in [2.45, 2.75) is 37.7 Å². The van der Waals surface area contributed by atoms with Crippen molar-refractivity contribution in [2.24, 2.45) is 5.92 Å². The number of benzene rings is 1. The molecule has 27 heavy (non-hydrogen) atoms. The van der Waals surface area contributed by atoms with Gasteiger partial charge in [-0.25, -0.2) is 13.8 Å². The van der Waals surface area contributed by atoms with E-state index in [4.69, 9.17) is 10.00 Å². The molecule has 0 saturated heterocycles. The summed E-state index contributed by atoms with van der Waals surface area (Å²) in [5, 5.41) is 13.9. The van der Waals surface area contributed by atoms with E-state index in [-0.39, 0.29) is 31.6 Å². The largest absolute Gasteiger partial charge is 0.368 e. The summed E-state index contributed by atoms with van der Waals surface area (Å²) >= 11 is 1.28. The Morgan fingerprint density at radius 2 is 2.04 bits per heavy atom. The first-order valence-corrected chi connectivity index (χ1v) is 9.46. The van der Waals surface area contributed by atoms with E-state index >= 15 is 0 Å². The van der Waals surface area contributed by atoms with E-state index in [1.165, 1.54) is 18.4 Å². The van der Waals surface area contributed by atoms with E-state index in [1.807, 2.05) is 5.38 Å². The van der Waals surface area contributed by atoms with Crippen LogP contribution in [0.5, 0.6) is 0 Å². The van der Waals surface area contributed by atoms with Crippen molar-refractivity contribution in [3.05, 3.63) is 35.2 Å². The molecule has 1 aliphatic carbocycles. The van der Waals surface area contributed by atoms with Crippen molar-refractivity contribution >= 4 is 22.4 Å². The van der Waals surface area contributed by atoms with Gasteiger partial charge in [0.1, 0.15) is 5.60 Å². The van der Waals surface area contributed by atoms with Crippen LogP contribution in [0.25, 0.3) is 11.3 Å². The van der Waals surface area contributed by atoms with Gasteiger partial charge >= 0.3 is 0 Å². The zero-order valence-electron chi connectivity index (χ0n) is 14.7. The van der Waals surface area contributed by atoms with E-state index in [2.05, 4.69) is 16.4 Å². The van der Waals surface area contributed by atoms with Crippen LogP contribution >= 0.6 is 11.3 Å². The van der Waals surface area contributed by atoms with Crippen LogP contribution in [0.15, 0.2) is 29.6 Å². The standard InChI is InChI=1S/C19H19F2N3O2S/c1-26-19(8-6-14(7-9-19)16(20)21)17(25)24-18-23-15(11-27-18)13-4-2-12(10-22)3-5-13/h2-5,11,14,16H,6-9H2,1H3,(H,23,24,25). The Kier molecular flexibility index (Phi) is 5.82. The third-order valence-corrected chi connectivity index (χ3v) is 5.79. The Balaban J connectivity index is 1.69. The lowest BCUT2D eigenvalue weighted by molar-refractivity contribution is -0.144. The number of nitriles is 1. The van der Waals surface area contributed by atoms with Crippen LogP contribution in [-0.4, -0.2) is 30.0 Å². The van der Waals surface area contributed by atoms with Crippen LogP contribution in [0.1, 0.15) is 31.2 Å². The molecule has 0 spiro atoms. The van der Waals surface area contributed by atoms with E-state index < -0.39 is 17.9 Å². The monoisotopic (exact) mass is 391 g/mol. The van der Waals surface area contributed by atoms with Crippen LogP contribution in [0.2, 0.25) is 0 Å². The molecule has 1 saturated carbocycles. The topological polar surface area (TPSA) is 75.0 Å². The second-order valence-corrected chi connectivity index (χ2v) is 7.41. The Morgan fingerprint density at radius 1 is 1.37 bits per heavy atom. The first-order chi connectivity index (χ1) is 13.0. The minimum absolute atomic E-state index is 0.257. The van der Waals surface area contributed by atoms with Crippen molar-refractivity contribution in [2.75, 3.05) is 12.4 Å². The van der Waals surface area contributed by atoms with Gasteiger partial charge in [0.15, 0.2) is 5.13 Å². The Morgan fingerprint density at radius 3 is 2.59 bits per heavy atom. The van der Waals surface area contributed by atoms with Crippen LogP contribution in [0, 0.1) is 17.2 Å². The fourth-order valence-corrected chi connectivity index (χ4v) is 3.99. The van der Waals surface area contributed by atoms with Crippen LogP contribution in [-0.2, 0) is 9.53 Å². The van der Waals surface area contributed by atoms with Gasteiger partial charge in [-0.15, -0.1) is 11.3 Å². The first-order valence-electron chi connectivity index (χ1n) is 8.58. The average molecular weight is 391 g/mol. The molecule has 0 radical (unpaired) electrons. The molecule has 5 nitrogen and oxygen atoms in total. The maximum Gasteiger partial charge on any atom is 0.258 e. The van der Waals surface area contributed by atoms with Gasteiger partial charge in [-0.1, -0.05) is 12.1 Å². The van der Waals surface area contributed by atoms with Crippen LogP contribution in [0.3, 0.4) is 0 Å². The molecule has 8 heteroatoms. The number of ether oxygens (including phenoxy) is 1. The van der Waals surface area contributed by atoms with Crippen LogP contribution in [0.4, 0.5) is 13.9 Å². The summed E-state index contributed by atoms with van der Waals surface area (Å²) < 4.78 is 31.2. The number of nitrogens with zero attached hydrogens (tertiary/aromatic N) is 2. The lowest BCUT2D eigenvalue weighted by Crippen LogP contribution is -2.48. The van der Waals surface area contributed by atoms with Crippen molar-refractivity contribution in [3.63, 3.8) is 0 Å². The molecule has 0 atom stereocenters. The van der Waals surface area contributed by atoms with Crippen molar-refractivity contribution in [1.29, 1.82) is 5.26 Å². The summed E-state index contributed by atoms with van der Waals surface area (Å²) in [4.78, 5) is 17.1. The number of thiazole rings is 1. The fourth-order valence-electron chi connectivity index (χ4n) is 3.27. The predicted molar refractivity (Wildman–Crippen MR) is 98.6 cm³/mol. The number of anilines is 1. The number of carbonyl (C=O) groups is 1. The average Bonchev–Trinajstić information content (AvgIpc) is 3.16. The number of aromatic nitrogens is 1. The van der Waals surface area contributed by atoms with Crippen molar-refractivity contribution < 1.29 is 18.3 Å². The normalized spacial score (nSPS) is 22.4. The number of carbonyl (C=O) groups excluding carboxylic acids is 1. The van der Waals surface area contributed by atoms with E-state index in [0.717, 1.165) is 5.56 Å². The Bertz CT molecular complexity index is 837. The quantitative estimate of drug-likeness (QED) is 0.816. The van der Waals surface area contributed by atoms with E-state index in [0.29, 0.717) is 16.4 Å². The third kappa shape index (κ3) is 4.15. The number of alkyl halides is 2. The molecule has 1 aromatic heterocycles. The summed E-state index contributed by atoms with van der Waals surface area (Å²) in [6.07, 6.45) is -1.33. The summed E-state index contributed by atoms with van der Waals surface area (Å²) in [6, 6.07) is 9.05. The number of hydrogen-bond acceptors (Lipinski definition) is 5. The molecule has 0 bridgehead atoms. The number of halogens is 2. The number of nitrogens with one attached hydrogen (secondary N) is 1. The van der Waals surface area contributed by atoms with Crippen molar-refractivity contribution in [3.8, 4) is 17.3 Å². The maximum atomic E-state index is 12.9. The molecule has 0 aliphatic heterocycles. The summed E-state index contributed by atoms with van der Waals surface area (Å²) in [5.41, 5.74) is 0.993. The lowest BCUT2D eigenvalue weighted by Gasteiger charge is -2.37. The molecular weight excluding hydrogens is 372 g/mol. The maximum absolute atomic E-state index is 12.9. The summed E-state index contributed by atoms with van der Waals surface area (Å²) in [5.74, 6) is -1.03. The molecule has 0 unspecified atom stereocenters. The molecule has 1 N–H and O–H groups in total. The number of amides is 1. The molecule has 142 valence electrons. The highest BCUT2D eigenvalue weighted by atomic mass is 32.1. The molecule has 1 aromatic carbocycles. The minimum atomic E-state index is -2.36. The molecule has 1 amide bonds. The van der Waals surface area contributed by atoms with Gasteiger partial charge in [-0.3, -0.25) is 10.1 Å². The Hall–Kier alpha value is -2.37. The van der Waals surface area contributed by atoms with Gasteiger partial charge in [0.05, 0.1) is 17.3 Å². The van der Waals surface area contributed by atoms with Gasteiger partial charge in [0.25, 0.3) is 5.91 Å². The molecule has 1 fully saturated rings. The number of rotatable bonds is 5. The molecular formula is C19H19F2N3O2S. The minimum Gasteiger partial charge on any atom is -0.368 e. The summed E-state index contributed by atoms with van der Waals surface area (Å²) in [7, 11) is 1.44. The predicted octanol–water partition coefficient (Wildman–Crippen LogP) is 4.46. The van der Waals surface area contributed by atoms with E-state index in [9.17, 15) is 13.6 Å². The van der Waals surface area contributed by atoms with Gasteiger partial charge in [0.2, 0.25) is 6.43 Å². The van der Waals surface area contributed by atoms with Gasteiger partial charge < -0.3 is 4.74 Å². The van der Waals surface area contributed by atoms with E-state index in [1.54, 1.807) is 24.3 Å². The number of hydrogen-bond donors (Lipinski definition) is 1. The highest BCUT2D eigenvalue weighted by Gasteiger charge is 2.44. The first kappa shape index (κ1) is 19.4. The number of methoxy groups -OCH3 is 1. The fraction of sp³-hybridized carbons (Fsp3) is 0.421. The highest BCUT2D eigenvalue weighted by Crippen LogP contribution is 2.38. The SMILES string of the molecule is COC1(C(=O)Nc2nc(-c3ccc(C#N)cc3)cs2)CCC(C(F)F)CC1. The lowest BCUT2D eigenvalue weighted by atomic mass is 9.78. The summed E-state index contributed by atoms with van der Waals surface area (Å²) in [6.45, 7) is 0.